The second kappa shape index (κ2) is 4.60. The number of amidine groups is 1. The van der Waals surface area contributed by atoms with Gasteiger partial charge in [0.25, 0.3) is 0 Å². The van der Waals surface area contributed by atoms with Crippen LogP contribution in [0.15, 0.2) is 33.7 Å². The molecule has 1 heterocycles. The second-order valence-electron chi connectivity index (χ2n) is 3.61. The molecule has 1 aliphatic heterocycles. The van der Waals surface area contributed by atoms with Gasteiger partial charge < -0.3 is 5.73 Å². The van der Waals surface area contributed by atoms with Crippen molar-refractivity contribution in [2.75, 3.05) is 6.54 Å². The minimum Gasteiger partial charge on any atom is -0.385 e. The molecule has 0 saturated carbocycles. The fourth-order valence-corrected chi connectivity index (χ4v) is 2.21. The number of rotatable bonds is 2. The van der Waals surface area contributed by atoms with Crippen LogP contribution in [0, 0.1) is 12.3 Å². The van der Waals surface area contributed by atoms with Crippen LogP contribution in [-0.2, 0) is 0 Å². The van der Waals surface area contributed by atoms with Gasteiger partial charge in [-0.3, -0.25) is 4.90 Å². The second-order valence-corrected chi connectivity index (χ2v) is 4.52. The predicted molar refractivity (Wildman–Crippen MR) is 69.4 cm³/mol. The third-order valence-corrected chi connectivity index (χ3v) is 2.98. The molecule has 1 aromatic carbocycles. The summed E-state index contributed by atoms with van der Waals surface area (Å²) in [7, 11) is 0. The number of nitrogens with two attached hydrogens (primary N) is 1. The van der Waals surface area contributed by atoms with Gasteiger partial charge in [0.2, 0.25) is 0 Å². The summed E-state index contributed by atoms with van der Waals surface area (Å²) in [5.74, 6) is 2.72. The van der Waals surface area contributed by atoms with Crippen molar-refractivity contribution in [2.45, 2.75) is 6.04 Å². The lowest BCUT2D eigenvalue weighted by atomic mass is 10.1. The SMILES string of the molecule is C#CCN1C(=O)N=C(N)C1c1cccc(Br)c1. The quantitative estimate of drug-likeness (QED) is 0.847. The van der Waals surface area contributed by atoms with Crippen LogP contribution in [0.4, 0.5) is 4.79 Å². The van der Waals surface area contributed by atoms with E-state index in [4.69, 9.17) is 12.2 Å². The van der Waals surface area contributed by atoms with Crippen molar-refractivity contribution in [1.82, 2.24) is 4.90 Å². The molecule has 1 aliphatic rings. The largest absolute Gasteiger partial charge is 0.385 e. The van der Waals surface area contributed by atoms with Crippen molar-refractivity contribution < 1.29 is 4.79 Å². The van der Waals surface area contributed by atoms with Gasteiger partial charge in [-0.15, -0.1) is 6.42 Å². The maximum absolute atomic E-state index is 11.6. The molecule has 1 unspecified atom stereocenters. The Hall–Kier alpha value is -1.80. The number of carbonyl (C=O) groups is 1. The Morgan fingerprint density at radius 1 is 1.59 bits per heavy atom. The number of urea groups is 1. The number of hydrogen-bond donors (Lipinski definition) is 1. The van der Waals surface area contributed by atoms with Gasteiger partial charge in [0.1, 0.15) is 11.9 Å². The van der Waals surface area contributed by atoms with Crippen LogP contribution in [-0.4, -0.2) is 23.3 Å². The third kappa shape index (κ3) is 2.17. The molecule has 1 aromatic rings. The molecule has 0 fully saturated rings. The first-order valence-corrected chi connectivity index (χ1v) is 5.76. The van der Waals surface area contributed by atoms with Crippen molar-refractivity contribution in [3.8, 4) is 12.3 Å². The van der Waals surface area contributed by atoms with Gasteiger partial charge in [-0.25, -0.2) is 4.79 Å². The van der Waals surface area contributed by atoms with E-state index in [-0.39, 0.29) is 24.5 Å². The van der Waals surface area contributed by atoms with Crippen LogP contribution >= 0.6 is 15.9 Å². The number of terminal acetylenes is 1. The molecular weight excluding hydrogens is 282 g/mol. The molecule has 17 heavy (non-hydrogen) atoms. The summed E-state index contributed by atoms with van der Waals surface area (Å²) >= 11 is 3.38. The van der Waals surface area contributed by atoms with Crippen LogP contribution in [0.5, 0.6) is 0 Å². The van der Waals surface area contributed by atoms with Crippen LogP contribution in [0.3, 0.4) is 0 Å². The number of aliphatic imine (C=N–C) groups is 1. The van der Waals surface area contributed by atoms with Gasteiger partial charge in [-0.05, 0) is 17.7 Å². The number of nitrogens with zero attached hydrogens (tertiary/aromatic N) is 2. The van der Waals surface area contributed by atoms with Crippen molar-refractivity contribution in [3.63, 3.8) is 0 Å². The highest BCUT2D eigenvalue weighted by Gasteiger charge is 2.33. The molecule has 2 rings (SSSR count). The molecule has 2 amide bonds. The molecule has 0 radical (unpaired) electrons. The number of carbonyl (C=O) groups excluding carboxylic acids is 1. The third-order valence-electron chi connectivity index (χ3n) is 2.49. The molecule has 2 N–H and O–H groups in total. The van der Waals surface area contributed by atoms with Gasteiger partial charge in [-0.2, -0.15) is 4.99 Å². The number of amides is 2. The lowest BCUT2D eigenvalue weighted by Crippen LogP contribution is -2.33. The van der Waals surface area contributed by atoms with Gasteiger partial charge >= 0.3 is 6.03 Å². The monoisotopic (exact) mass is 291 g/mol. The van der Waals surface area contributed by atoms with Crippen LogP contribution in [0.1, 0.15) is 11.6 Å². The van der Waals surface area contributed by atoms with E-state index < -0.39 is 0 Å². The molecule has 0 bridgehead atoms. The van der Waals surface area contributed by atoms with Gasteiger partial charge in [0.05, 0.1) is 6.54 Å². The highest BCUT2D eigenvalue weighted by atomic mass is 79.9. The van der Waals surface area contributed by atoms with E-state index in [1.807, 2.05) is 24.3 Å². The fourth-order valence-electron chi connectivity index (χ4n) is 1.79. The standard InChI is InChI=1S/C12H10BrN3O/c1-2-6-16-10(11(14)15-12(16)17)8-4-3-5-9(13)7-8/h1,3-5,7,10H,6H2,(H2,14,15,17). The maximum Gasteiger partial charge on any atom is 0.346 e. The highest BCUT2D eigenvalue weighted by molar-refractivity contribution is 9.10. The van der Waals surface area contributed by atoms with E-state index in [1.54, 1.807) is 0 Å². The number of benzene rings is 1. The zero-order chi connectivity index (χ0) is 12.4. The van der Waals surface area contributed by atoms with E-state index in [0.717, 1.165) is 10.0 Å². The highest BCUT2D eigenvalue weighted by Crippen LogP contribution is 2.28. The Bertz CT molecular complexity index is 533. The van der Waals surface area contributed by atoms with E-state index >= 15 is 0 Å². The lowest BCUT2D eigenvalue weighted by molar-refractivity contribution is 0.213. The molecule has 1 atom stereocenters. The maximum atomic E-state index is 11.6. The number of hydrogen-bond acceptors (Lipinski definition) is 2. The smallest absolute Gasteiger partial charge is 0.346 e. The minimum atomic E-state index is -0.384. The molecule has 0 aliphatic carbocycles. The van der Waals surface area contributed by atoms with Crippen molar-refractivity contribution in [2.24, 2.45) is 10.7 Å². The van der Waals surface area contributed by atoms with Gasteiger partial charge in [-0.1, -0.05) is 34.0 Å². The van der Waals surface area contributed by atoms with E-state index in [0.29, 0.717) is 0 Å². The molecule has 4 nitrogen and oxygen atoms in total. The van der Waals surface area contributed by atoms with Crippen molar-refractivity contribution in [3.05, 3.63) is 34.3 Å². The summed E-state index contributed by atoms with van der Waals surface area (Å²) in [6.07, 6.45) is 5.24. The van der Waals surface area contributed by atoms with Crippen LogP contribution in [0.25, 0.3) is 0 Å². The predicted octanol–water partition coefficient (Wildman–Crippen LogP) is 1.92. The van der Waals surface area contributed by atoms with E-state index in [1.165, 1.54) is 4.90 Å². The average molecular weight is 292 g/mol. The first-order valence-electron chi connectivity index (χ1n) is 4.97. The molecule has 5 heteroatoms. The topological polar surface area (TPSA) is 58.7 Å². The van der Waals surface area contributed by atoms with Crippen LogP contribution < -0.4 is 5.73 Å². The van der Waals surface area contributed by atoms with Gasteiger partial charge in [0, 0.05) is 4.47 Å². The summed E-state index contributed by atoms with van der Waals surface area (Å²) in [5, 5.41) is 0. The minimum absolute atomic E-state index is 0.195. The molecule has 0 aromatic heterocycles. The molecule has 86 valence electrons. The normalized spacial score (nSPS) is 19.1. The Morgan fingerprint density at radius 2 is 2.35 bits per heavy atom. The Morgan fingerprint density at radius 3 is 3.00 bits per heavy atom. The Balaban J connectivity index is 2.39. The van der Waals surface area contributed by atoms with Crippen molar-refractivity contribution >= 4 is 27.8 Å². The molecule has 0 saturated heterocycles. The first-order chi connectivity index (χ1) is 8.13. The van der Waals surface area contributed by atoms with Crippen molar-refractivity contribution in [1.29, 1.82) is 0 Å². The summed E-state index contributed by atoms with van der Waals surface area (Å²) in [4.78, 5) is 16.8. The van der Waals surface area contributed by atoms with Gasteiger partial charge in [0.15, 0.2) is 0 Å². The fraction of sp³-hybridized carbons (Fsp3) is 0.167. The Labute approximate surface area is 108 Å². The molecule has 0 spiro atoms. The van der Waals surface area contributed by atoms with E-state index in [2.05, 4.69) is 26.8 Å². The average Bonchev–Trinajstić information content (AvgIpc) is 2.54. The zero-order valence-electron chi connectivity index (χ0n) is 8.93. The summed E-state index contributed by atoms with van der Waals surface area (Å²) in [5.41, 5.74) is 6.67. The lowest BCUT2D eigenvalue weighted by Gasteiger charge is -2.22. The van der Waals surface area contributed by atoms with Crippen LogP contribution in [0.2, 0.25) is 0 Å². The summed E-state index contributed by atoms with van der Waals surface area (Å²) in [6, 6.07) is 6.82. The Kier molecular flexibility index (Phi) is 3.16. The first kappa shape index (κ1) is 11.7. The van der Waals surface area contributed by atoms with E-state index in [9.17, 15) is 4.79 Å². The zero-order valence-corrected chi connectivity index (χ0v) is 10.5. The number of halogens is 1. The molecular formula is C12H10BrN3O. The summed E-state index contributed by atoms with van der Waals surface area (Å²) in [6.45, 7) is 0.195. The summed E-state index contributed by atoms with van der Waals surface area (Å²) < 4.78 is 0.919.